The molecular weight excluding hydrogens is 426 g/mol. The monoisotopic (exact) mass is 461 g/mol. The number of nitrogens with one attached hydrogen (secondary N) is 2. The first-order chi connectivity index (χ1) is 16.0. The van der Waals surface area contributed by atoms with Gasteiger partial charge in [0.15, 0.2) is 0 Å². The van der Waals surface area contributed by atoms with Crippen LogP contribution in [0.1, 0.15) is 48.0 Å². The molecule has 1 aromatic rings. The molecule has 0 radical (unpaired) electrons. The van der Waals surface area contributed by atoms with Crippen molar-refractivity contribution in [3.8, 4) is 5.75 Å². The molecule has 2 N–H and O–H groups in total. The standard InChI is InChI=1S/C24H35N3O6/c1-18-7-8-21-20(15-18)24(30)26-9-12-27(11-4-6-22(28)25-10-14-33-21)23(29)17-31-16-19-5-2-3-13-32-19/h7-8,15,19H,2-6,9-14,16-17H2,1H3,(H,25,28)(H,26,30). The van der Waals surface area contributed by atoms with E-state index in [0.29, 0.717) is 50.4 Å². The van der Waals surface area contributed by atoms with Crippen molar-refractivity contribution >= 4 is 17.7 Å². The van der Waals surface area contributed by atoms with Crippen LogP contribution in [0.25, 0.3) is 0 Å². The van der Waals surface area contributed by atoms with Crippen molar-refractivity contribution in [3.63, 3.8) is 0 Å². The third kappa shape index (κ3) is 8.33. The number of carbonyl (C=O) groups excluding carboxylic acids is 3. The highest BCUT2D eigenvalue weighted by Gasteiger charge is 2.19. The first-order valence-corrected chi connectivity index (χ1v) is 11.8. The molecule has 33 heavy (non-hydrogen) atoms. The van der Waals surface area contributed by atoms with Gasteiger partial charge >= 0.3 is 0 Å². The molecule has 9 nitrogen and oxygen atoms in total. The second kappa shape index (κ2) is 13.2. The lowest BCUT2D eigenvalue weighted by molar-refractivity contribution is -0.138. The molecule has 182 valence electrons. The molecule has 1 aromatic carbocycles. The van der Waals surface area contributed by atoms with Crippen molar-refractivity contribution in [2.24, 2.45) is 0 Å². The molecule has 9 heteroatoms. The van der Waals surface area contributed by atoms with Crippen LogP contribution in [-0.2, 0) is 19.1 Å². The van der Waals surface area contributed by atoms with E-state index in [9.17, 15) is 14.4 Å². The van der Waals surface area contributed by atoms with Crippen LogP contribution < -0.4 is 15.4 Å². The number of ether oxygens (including phenoxy) is 3. The molecule has 0 saturated carbocycles. The maximum absolute atomic E-state index is 12.8. The number of hydrogen-bond donors (Lipinski definition) is 2. The van der Waals surface area contributed by atoms with Crippen LogP contribution in [0.2, 0.25) is 0 Å². The second-order valence-electron chi connectivity index (χ2n) is 8.44. The molecule has 3 rings (SSSR count). The quantitative estimate of drug-likeness (QED) is 0.703. The molecule has 1 fully saturated rings. The van der Waals surface area contributed by atoms with E-state index in [1.807, 2.05) is 13.0 Å². The normalized spacial score (nSPS) is 21.0. The number of hydrogen-bond acceptors (Lipinski definition) is 6. The molecule has 3 amide bonds. The van der Waals surface area contributed by atoms with Crippen LogP contribution >= 0.6 is 0 Å². The number of amides is 3. The van der Waals surface area contributed by atoms with Crippen molar-refractivity contribution in [3.05, 3.63) is 29.3 Å². The Morgan fingerprint density at radius 2 is 2.00 bits per heavy atom. The summed E-state index contributed by atoms with van der Waals surface area (Å²) in [7, 11) is 0. The Morgan fingerprint density at radius 1 is 1.12 bits per heavy atom. The van der Waals surface area contributed by atoms with Crippen LogP contribution in [0.4, 0.5) is 0 Å². The van der Waals surface area contributed by atoms with Crippen LogP contribution in [0.15, 0.2) is 18.2 Å². The highest BCUT2D eigenvalue weighted by Crippen LogP contribution is 2.20. The van der Waals surface area contributed by atoms with Gasteiger partial charge in [-0.25, -0.2) is 0 Å². The third-order valence-corrected chi connectivity index (χ3v) is 5.72. The van der Waals surface area contributed by atoms with Crippen molar-refractivity contribution in [2.45, 2.75) is 45.1 Å². The predicted octanol–water partition coefficient (Wildman–Crippen LogP) is 1.43. The van der Waals surface area contributed by atoms with Gasteiger partial charge in [0, 0.05) is 32.7 Å². The fourth-order valence-electron chi connectivity index (χ4n) is 3.89. The summed E-state index contributed by atoms with van der Waals surface area (Å²) in [5, 5.41) is 5.69. The van der Waals surface area contributed by atoms with E-state index in [2.05, 4.69) is 10.6 Å². The molecule has 0 spiro atoms. The van der Waals surface area contributed by atoms with Gasteiger partial charge in [0.05, 0.1) is 24.8 Å². The molecular formula is C24H35N3O6. The highest BCUT2D eigenvalue weighted by molar-refractivity contribution is 5.97. The lowest BCUT2D eigenvalue weighted by Gasteiger charge is -2.25. The van der Waals surface area contributed by atoms with E-state index in [1.165, 1.54) is 0 Å². The first kappa shape index (κ1) is 25.0. The van der Waals surface area contributed by atoms with E-state index >= 15 is 0 Å². The maximum Gasteiger partial charge on any atom is 0.255 e. The lowest BCUT2D eigenvalue weighted by Crippen LogP contribution is -2.41. The molecule has 2 aliphatic rings. The van der Waals surface area contributed by atoms with Crippen molar-refractivity contribution in [1.29, 1.82) is 0 Å². The maximum atomic E-state index is 12.8. The Labute approximate surface area is 195 Å². The summed E-state index contributed by atoms with van der Waals surface area (Å²) in [4.78, 5) is 39.3. The Bertz CT molecular complexity index is 809. The molecule has 2 aliphatic heterocycles. The van der Waals surface area contributed by atoms with Crippen LogP contribution in [0.5, 0.6) is 5.75 Å². The molecule has 1 atom stereocenters. The summed E-state index contributed by atoms with van der Waals surface area (Å²) in [6.45, 7) is 4.64. The fourth-order valence-corrected chi connectivity index (χ4v) is 3.89. The largest absolute Gasteiger partial charge is 0.491 e. The molecule has 1 saturated heterocycles. The van der Waals surface area contributed by atoms with E-state index < -0.39 is 0 Å². The minimum absolute atomic E-state index is 0.0446. The van der Waals surface area contributed by atoms with Gasteiger partial charge in [-0.2, -0.15) is 0 Å². The summed E-state index contributed by atoms with van der Waals surface area (Å²) >= 11 is 0. The topological polar surface area (TPSA) is 106 Å². The van der Waals surface area contributed by atoms with Crippen LogP contribution in [0.3, 0.4) is 0 Å². The van der Waals surface area contributed by atoms with Gasteiger partial charge in [0.2, 0.25) is 11.8 Å². The smallest absolute Gasteiger partial charge is 0.255 e. The molecule has 0 aliphatic carbocycles. The Morgan fingerprint density at radius 3 is 2.82 bits per heavy atom. The van der Waals surface area contributed by atoms with Crippen LogP contribution in [0, 0.1) is 6.92 Å². The minimum Gasteiger partial charge on any atom is -0.491 e. The zero-order valence-corrected chi connectivity index (χ0v) is 19.4. The SMILES string of the molecule is Cc1ccc2c(c1)C(=O)NCCN(C(=O)COCC1CCCCO1)CCCC(=O)NCCO2. The number of benzene rings is 1. The van der Waals surface area contributed by atoms with E-state index in [4.69, 9.17) is 14.2 Å². The minimum atomic E-state index is -0.259. The van der Waals surface area contributed by atoms with Gasteiger partial charge < -0.3 is 29.7 Å². The highest BCUT2D eigenvalue weighted by atomic mass is 16.5. The first-order valence-electron chi connectivity index (χ1n) is 11.8. The molecule has 1 unspecified atom stereocenters. The second-order valence-corrected chi connectivity index (χ2v) is 8.44. The average Bonchev–Trinajstić information content (AvgIpc) is 2.82. The summed E-state index contributed by atoms with van der Waals surface area (Å²) < 4.78 is 17.0. The Kier molecular flexibility index (Phi) is 9.96. The van der Waals surface area contributed by atoms with E-state index in [-0.39, 0.29) is 43.6 Å². The van der Waals surface area contributed by atoms with Gasteiger partial charge in [-0.15, -0.1) is 0 Å². The number of aryl methyl sites for hydroxylation is 1. The van der Waals surface area contributed by atoms with E-state index in [0.717, 1.165) is 31.4 Å². The third-order valence-electron chi connectivity index (χ3n) is 5.72. The van der Waals surface area contributed by atoms with Gasteiger partial charge in [0.1, 0.15) is 19.0 Å². The summed E-state index contributed by atoms with van der Waals surface area (Å²) in [6.07, 6.45) is 4.01. The molecule has 2 heterocycles. The summed E-state index contributed by atoms with van der Waals surface area (Å²) in [6, 6.07) is 5.40. The number of rotatable bonds is 4. The van der Waals surface area contributed by atoms with Gasteiger partial charge in [0.25, 0.3) is 5.91 Å². The van der Waals surface area contributed by atoms with Crippen molar-refractivity contribution in [2.75, 3.05) is 52.6 Å². The Hall–Kier alpha value is -2.65. The van der Waals surface area contributed by atoms with Gasteiger partial charge in [-0.05, 0) is 44.7 Å². The zero-order chi connectivity index (χ0) is 23.5. The average molecular weight is 462 g/mol. The summed E-state index contributed by atoms with van der Waals surface area (Å²) in [5.41, 5.74) is 1.37. The van der Waals surface area contributed by atoms with Crippen LogP contribution in [-0.4, -0.2) is 81.3 Å². The number of fused-ring (bicyclic) bond motifs is 1. The van der Waals surface area contributed by atoms with Gasteiger partial charge in [-0.3, -0.25) is 14.4 Å². The summed E-state index contributed by atoms with van der Waals surface area (Å²) in [5.74, 6) is -0.0477. The lowest BCUT2D eigenvalue weighted by atomic mass is 10.1. The zero-order valence-electron chi connectivity index (χ0n) is 19.4. The fraction of sp³-hybridized carbons (Fsp3) is 0.625. The van der Waals surface area contributed by atoms with E-state index in [1.54, 1.807) is 17.0 Å². The number of carbonyl (C=O) groups is 3. The molecule has 0 aromatic heterocycles. The van der Waals surface area contributed by atoms with Crippen molar-refractivity contribution in [1.82, 2.24) is 15.5 Å². The molecule has 0 bridgehead atoms. The Balaban J connectivity index is 1.59. The van der Waals surface area contributed by atoms with Gasteiger partial charge in [-0.1, -0.05) is 11.6 Å². The van der Waals surface area contributed by atoms with Crippen molar-refractivity contribution < 1.29 is 28.6 Å². The number of nitrogens with zero attached hydrogens (tertiary/aromatic N) is 1. The predicted molar refractivity (Wildman–Crippen MR) is 122 cm³/mol.